The van der Waals surface area contributed by atoms with Gasteiger partial charge in [-0.05, 0) is 68.1 Å². The summed E-state index contributed by atoms with van der Waals surface area (Å²) in [5.41, 5.74) is 5.06. The Bertz CT molecular complexity index is 900. The summed E-state index contributed by atoms with van der Waals surface area (Å²) in [6.45, 7) is 0. The number of hydrogen-bond acceptors (Lipinski definition) is 1. The van der Waals surface area contributed by atoms with E-state index in [9.17, 15) is 4.39 Å². The molecule has 5 heteroatoms. The van der Waals surface area contributed by atoms with Crippen molar-refractivity contribution in [2.24, 2.45) is 0 Å². The number of aryl methyl sites for hydroxylation is 1. The molecule has 2 aromatic carbocycles. The van der Waals surface area contributed by atoms with E-state index in [1.54, 1.807) is 24.3 Å². The van der Waals surface area contributed by atoms with E-state index in [2.05, 4.69) is 0 Å². The third kappa shape index (κ3) is 2.72. The van der Waals surface area contributed by atoms with Crippen LogP contribution < -0.4 is 0 Å². The number of aromatic nitrogens is 2. The van der Waals surface area contributed by atoms with Crippen LogP contribution in [-0.2, 0) is 12.8 Å². The van der Waals surface area contributed by atoms with Gasteiger partial charge in [0.25, 0.3) is 0 Å². The molecule has 0 radical (unpaired) electrons. The van der Waals surface area contributed by atoms with Crippen LogP contribution in [0, 0.1) is 5.82 Å². The summed E-state index contributed by atoms with van der Waals surface area (Å²) >= 11 is 12.4. The number of rotatable bonds is 2. The van der Waals surface area contributed by atoms with Gasteiger partial charge < -0.3 is 0 Å². The number of benzene rings is 2. The Morgan fingerprint density at radius 1 is 0.958 bits per heavy atom. The van der Waals surface area contributed by atoms with Gasteiger partial charge in [0.1, 0.15) is 5.82 Å². The van der Waals surface area contributed by atoms with Gasteiger partial charge in [-0.15, -0.1) is 0 Å². The smallest absolute Gasteiger partial charge is 0.123 e. The molecule has 4 rings (SSSR count). The van der Waals surface area contributed by atoms with Crippen LogP contribution in [0.15, 0.2) is 42.5 Å². The fourth-order valence-corrected chi connectivity index (χ4v) is 3.77. The highest BCUT2D eigenvalue weighted by Gasteiger charge is 2.23. The largest absolute Gasteiger partial charge is 0.231 e. The SMILES string of the molecule is Fc1ccc(-c2c3c(nn2-c2ccc(Cl)cc2Cl)CCCC3)cc1. The molecule has 0 saturated heterocycles. The van der Waals surface area contributed by atoms with Gasteiger partial charge in [0, 0.05) is 16.1 Å². The van der Waals surface area contributed by atoms with E-state index in [0.29, 0.717) is 10.0 Å². The Hall–Kier alpha value is -1.84. The summed E-state index contributed by atoms with van der Waals surface area (Å²) in [7, 11) is 0. The predicted molar refractivity (Wildman–Crippen MR) is 95.6 cm³/mol. The minimum Gasteiger partial charge on any atom is -0.231 e. The zero-order valence-electron chi connectivity index (χ0n) is 12.9. The van der Waals surface area contributed by atoms with Crippen LogP contribution in [-0.4, -0.2) is 9.78 Å². The molecule has 2 nitrogen and oxygen atoms in total. The Labute approximate surface area is 149 Å². The van der Waals surface area contributed by atoms with Gasteiger partial charge in [-0.1, -0.05) is 23.2 Å². The van der Waals surface area contributed by atoms with E-state index in [0.717, 1.165) is 48.3 Å². The number of halogens is 3. The molecule has 1 aliphatic carbocycles. The van der Waals surface area contributed by atoms with Crippen molar-refractivity contribution in [3.63, 3.8) is 0 Å². The molecule has 3 aromatic rings. The lowest BCUT2D eigenvalue weighted by atomic mass is 9.93. The Balaban J connectivity index is 1.96. The molecule has 0 fully saturated rings. The van der Waals surface area contributed by atoms with Gasteiger partial charge in [0.05, 0.1) is 22.1 Å². The molecule has 24 heavy (non-hydrogen) atoms. The lowest BCUT2D eigenvalue weighted by molar-refractivity contribution is 0.628. The van der Waals surface area contributed by atoms with Gasteiger partial charge in [0.2, 0.25) is 0 Å². The lowest BCUT2D eigenvalue weighted by Gasteiger charge is -2.13. The maximum atomic E-state index is 13.3. The van der Waals surface area contributed by atoms with Crippen molar-refractivity contribution < 1.29 is 4.39 Å². The maximum absolute atomic E-state index is 13.3. The van der Waals surface area contributed by atoms with Crippen molar-refractivity contribution in [2.45, 2.75) is 25.7 Å². The van der Waals surface area contributed by atoms with Crippen LogP contribution in [0.2, 0.25) is 10.0 Å². The highest BCUT2D eigenvalue weighted by molar-refractivity contribution is 6.35. The first-order valence-corrected chi connectivity index (χ1v) is 8.71. The Morgan fingerprint density at radius 3 is 2.46 bits per heavy atom. The van der Waals surface area contributed by atoms with Gasteiger partial charge in [-0.3, -0.25) is 0 Å². The molecule has 0 atom stereocenters. The molecule has 0 amide bonds. The maximum Gasteiger partial charge on any atom is 0.123 e. The van der Waals surface area contributed by atoms with E-state index in [1.807, 2.05) is 10.7 Å². The zero-order valence-corrected chi connectivity index (χ0v) is 14.4. The predicted octanol–water partition coefficient (Wildman–Crippen LogP) is 5.86. The summed E-state index contributed by atoms with van der Waals surface area (Å²) in [6, 6.07) is 11.9. The van der Waals surface area contributed by atoms with Crippen molar-refractivity contribution in [3.8, 4) is 16.9 Å². The molecule has 122 valence electrons. The van der Waals surface area contributed by atoms with Crippen molar-refractivity contribution in [3.05, 3.63) is 69.6 Å². The van der Waals surface area contributed by atoms with Crippen molar-refractivity contribution in [2.75, 3.05) is 0 Å². The van der Waals surface area contributed by atoms with Crippen LogP contribution in [0.3, 0.4) is 0 Å². The summed E-state index contributed by atoms with van der Waals surface area (Å²) in [5.74, 6) is -0.247. The summed E-state index contributed by atoms with van der Waals surface area (Å²) in [6.07, 6.45) is 4.22. The molecule has 0 aliphatic heterocycles. The van der Waals surface area contributed by atoms with E-state index in [-0.39, 0.29) is 5.82 Å². The fourth-order valence-electron chi connectivity index (χ4n) is 3.29. The van der Waals surface area contributed by atoms with Gasteiger partial charge >= 0.3 is 0 Å². The van der Waals surface area contributed by atoms with E-state index in [1.165, 1.54) is 17.7 Å². The van der Waals surface area contributed by atoms with Gasteiger partial charge in [-0.2, -0.15) is 5.10 Å². The quantitative estimate of drug-likeness (QED) is 0.559. The second kappa shape index (κ2) is 6.23. The number of hydrogen-bond donors (Lipinski definition) is 0. The first-order chi connectivity index (χ1) is 11.6. The summed E-state index contributed by atoms with van der Waals surface area (Å²) in [4.78, 5) is 0. The summed E-state index contributed by atoms with van der Waals surface area (Å²) < 4.78 is 15.2. The molecule has 0 N–H and O–H groups in total. The van der Waals surface area contributed by atoms with Crippen molar-refractivity contribution in [1.29, 1.82) is 0 Å². The fraction of sp³-hybridized carbons (Fsp3) is 0.211. The highest BCUT2D eigenvalue weighted by Crippen LogP contribution is 2.35. The molecule has 1 aliphatic rings. The van der Waals surface area contributed by atoms with E-state index >= 15 is 0 Å². The van der Waals surface area contributed by atoms with Crippen molar-refractivity contribution in [1.82, 2.24) is 9.78 Å². The normalized spacial score (nSPS) is 13.8. The third-order valence-corrected chi connectivity index (χ3v) is 4.95. The second-order valence-electron chi connectivity index (χ2n) is 6.00. The van der Waals surface area contributed by atoms with E-state index < -0.39 is 0 Å². The molecule has 0 spiro atoms. The zero-order chi connectivity index (χ0) is 16.7. The Morgan fingerprint density at radius 2 is 1.71 bits per heavy atom. The first kappa shape index (κ1) is 15.7. The van der Waals surface area contributed by atoms with E-state index in [4.69, 9.17) is 28.3 Å². The highest BCUT2D eigenvalue weighted by atomic mass is 35.5. The average molecular weight is 361 g/mol. The molecule has 0 bridgehead atoms. The third-order valence-electron chi connectivity index (χ3n) is 4.41. The molecular weight excluding hydrogens is 346 g/mol. The monoisotopic (exact) mass is 360 g/mol. The topological polar surface area (TPSA) is 17.8 Å². The van der Waals surface area contributed by atoms with Gasteiger partial charge in [-0.25, -0.2) is 9.07 Å². The first-order valence-electron chi connectivity index (χ1n) is 7.95. The van der Waals surface area contributed by atoms with Crippen LogP contribution in [0.5, 0.6) is 0 Å². The molecule has 0 saturated carbocycles. The van der Waals surface area contributed by atoms with Gasteiger partial charge in [0.15, 0.2) is 0 Å². The molecule has 0 unspecified atom stereocenters. The summed E-state index contributed by atoms with van der Waals surface area (Å²) in [5, 5.41) is 5.94. The Kier molecular flexibility index (Phi) is 4.07. The van der Waals surface area contributed by atoms with Crippen LogP contribution in [0.25, 0.3) is 16.9 Å². The lowest BCUT2D eigenvalue weighted by Crippen LogP contribution is -2.01. The molecule has 1 heterocycles. The van der Waals surface area contributed by atoms with Crippen LogP contribution in [0.1, 0.15) is 24.1 Å². The van der Waals surface area contributed by atoms with Crippen LogP contribution in [0.4, 0.5) is 4.39 Å². The van der Waals surface area contributed by atoms with Crippen molar-refractivity contribution >= 4 is 23.2 Å². The molecular formula is C19H15Cl2FN2. The van der Waals surface area contributed by atoms with Crippen LogP contribution >= 0.6 is 23.2 Å². The second-order valence-corrected chi connectivity index (χ2v) is 6.84. The minimum atomic E-state index is -0.247. The minimum absolute atomic E-state index is 0.247. The number of fused-ring (bicyclic) bond motifs is 1. The molecule has 1 aromatic heterocycles. The standard InChI is InChI=1S/C19H15Cl2FN2/c20-13-7-10-18(16(21)11-13)24-19(12-5-8-14(22)9-6-12)15-3-1-2-4-17(15)23-24/h5-11H,1-4H2. The average Bonchev–Trinajstić information content (AvgIpc) is 2.95. The number of nitrogens with zero attached hydrogens (tertiary/aromatic N) is 2.